The normalized spacial score (nSPS) is 16.8. The van der Waals surface area contributed by atoms with Crippen LogP contribution in [0.1, 0.15) is 40.4 Å². The van der Waals surface area contributed by atoms with Gasteiger partial charge in [-0.2, -0.15) is 44.1 Å². The number of rotatable bonds is 3. The lowest BCUT2D eigenvalue weighted by Gasteiger charge is -2.32. The lowest BCUT2D eigenvalue weighted by molar-refractivity contribution is -0.297. The van der Waals surface area contributed by atoms with Crippen LogP contribution in [-0.4, -0.2) is 16.1 Å². The minimum Gasteiger partial charge on any atom is -0.871 e. The predicted octanol–water partition coefficient (Wildman–Crippen LogP) is 9.41. The molecule has 1 aliphatic carbocycles. The van der Waals surface area contributed by atoms with Crippen molar-refractivity contribution in [3.63, 3.8) is 0 Å². The topological polar surface area (TPSA) is 48.1 Å². The van der Waals surface area contributed by atoms with Crippen LogP contribution in [0.4, 0.5) is 50.9 Å². The summed E-state index contributed by atoms with van der Waals surface area (Å²) in [4.78, 5) is 14.1. The van der Waals surface area contributed by atoms with E-state index in [-0.39, 0.29) is 50.6 Å². The molecule has 1 aromatic heterocycles. The lowest BCUT2D eigenvalue weighted by atomic mass is 9.78. The lowest BCUT2D eigenvalue weighted by Crippen LogP contribution is -2.31. The molecular weight excluding hydrogens is 675 g/mol. The molecule has 2 heterocycles. The number of ketones is 1. The van der Waals surface area contributed by atoms with Gasteiger partial charge in [-0.3, -0.25) is 4.79 Å². The van der Waals surface area contributed by atoms with E-state index in [4.69, 9.17) is 0 Å². The van der Waals surface area contributed by atoms with Gasteiger partial charge in [-0.1, -0.05) is 42.2 Å². The number of para-hydroxylation sites is 2. The number of hydrogen-bond donors (Lipinski definition) is 0. The maximum absolute atomic E-state index is 14.1. The predicted molar refractivity (Wildman–Crippen MR) is 167 cm³/mol. The summed E-state index contributed by atoms with van der Waals surface area (Å²) in [5.41, 5.74) is -3.25. The van der Waals surface area contributed by atoms with Crippen molar-refractivity contribution < 1.29 is 49.4 Å². The molecule has 254 valence electrons. The molecule has 0 saturated carbocycles. The summed E-state index contributed by atoms with van der Waals surface area (Å²) in [7, 11) is 0. The zero-order valence-corrected chi connectivity index (χ0v) is 25.8. The summed E-state index contributed by atoms with van der Waals surface area (Å²) in [5, 5.41) is 14.3. The number of hydrogen-bond acceptors (Lipinski definition) is 2. The second kappa shape index (κ2) is 11.0. The molecule has 0 saturated heterocycles. The highest BCUT2D eigenvalue weighted by atomic mass is 19.4. The highest BCUT2D eigenvalue weighted by Gasteiger charge is 2.43. The maximum atomic E-state index is 14.1. The quantitative estimate of drug-likeness (QED) is 0.107. The van der Waals surface area contributed by atoms with Crippen molar-refractivity contribution in [1.29, 1.82) is 0 Å². The molecule has 1 aliphatic heterocycles. The fraction of sp³-hybridized carbons (Fsp3) is 0.135. The van der Waals surface area contributed by atoms with E-state index in [1.807, 2.05) is 0 Å². The highest BCUT2D eigenvalue weighted by molar-refractivity contribution is 6.47. The summed E-state index contributed by atoms with van der Waals surface area (Å²) in [5.74, 6) is -1.45. The number of halogens is 9. The van der Waals surface area contributed by atoms with Crippen molar-refractivity contribution in [2.75, 3.05) is 0 Å². The zero-order chi connectivity index (χ0) is 36.1. The molecule has 0 unspecified atom stereocenters. The Morgan fingerprint density at radius 3 is 1.86 bits per heavy atom. The number of aromatic nitrogens is 1. The second-order valence-electron chi connectivity index (χ2n) is 11.8. The summed E-state index contributed by atoms with van der Waals surface area (Å²) < 4.78 is 126. The van der Waals surface area contributed by atoms with Gasteiger partial charge in [-0.05, 0) is 43.3 Å². The molecule has 7 rings (SSSR count). The Labute approximate surface area is 277 Å². The van der Waals surface area contributed by atoms with Gasteiger partial charge in [0.15, 0.2) is 11.5 Å². The molecule has 5 aromatic rings. The molecule has 0 atom stereocenters. The fourth-order valence-electron chi connectivity index (χ4n) is 6.77. The van der Waals surface area contributed by atoms with Crippen molar-refractivity contribution in [3.8, 4) is 5.69 Å². The van der Waals surface area contributed by atoms with E-state index in [1.54, 1.807) is 37.3 Å². The van der Waals surface area contributed by atoms with Crippen LogP contribution >= 0.6 is 0 Å². The minimum atomic E-state index is -5.11. The first-order valence-electron chi connectivity index (χ1n) is 14.9. The van der Waals surface area contributed by atoms with E-state index in [2.05, 4.69) is 0 Å². The third kappa shape index (κ3) is 5.02. The van der Waals surface area contributed by atoms with Crippen LogP contribution in [0.3, 0.4) is 0 Å². The Bertz CT molecular complexity index is 2350. The number of benzene rings is 4. The number of allylic oxidation sites excluding steroid dienone is 3. The smallest absolute Gasteiger partial charge is 0.416 e. The number of alkyl halides is 9. The molecule has 4 nitrogen and oxygen atoms in total. The molecule has 0 radical (unpaired) electrons. The standard InChI is InChI=1S/C37H21F9N2O2/c1-18-29(25-10-3-5-12-27(25)47(18)23-9-7-8-20(15-23)35(38,39)40)31-33(49)32(34(31)50)30-19(2)48(28-13-6-4-11-26(28)30)24-16-21(36(41,42)43)14-22(17-24)37(44,45)46/h3-17H,1-2H3. The van der Waals surface area contributed by atoms with Crippen LogP contribution in [0.25, 0.3) is 27.7 Å². The van der Waals surface area contributed by atoms with E-state index < -0.39 is 52.4 Å². The van der Waals surface area contributed by atoms with Gasteiger partial charge >= 0.3 is 18.5 Å². The molecule has 0 fully saturated rings. The summed E-state index contributed by atoms with van der Waals surface area (Å²) in [6, 6.07) is 18.3. The summed E-state index contributed by atoms with van der Waals surface area (Å²) >= 11 is 0. The molecule has 50 heavy (non-hydrogen) atoms. The van der Waals surface area contributed by atoms with Gasteiger partial charge in [0.05, 0.1) is 33.3 Å². The fourth-order valence-corrected chi connectivity index (χ4v) is 6.77. The average molecular weight is 697 g/mol. The third-order valence-electron chi connectivity index (χ3n) is 8.89. The van der Waals surface area contributed by atoms with Gasteiger partial charge < -0.3 is 9.67 Å². The van der Waals surface area contributed by atoms with Gasteiger partial charge in [0.1, 0.15) is 0 Å². The SMILES string of the molecule is CC1=[N+](c2cccc(C(F)(F)F)c2)c2ccccc2C1=C1C(=O)C(c2c(C)n(-c3cc(C(F)(F)F)cc(C(F)(F)F)c3)c3ccccc23)=C1[O-]. The average Bonchev–Trinajstić information content (AvgIpc) is 3.50. The van der Waals surface area contributed by atoms with E-state index >= 15 is 0 Å². The van der Waals surface area contributed by atoms with Crippen molar-refractivity contribution in [2.45, 2.75) is 32.4 Å². The first-order chi connectivity index (χ1) is 23.4. The Balaban J connectivity index is 1.45. The van der Waals surface area contributed by atoms with Gasteiger partial charge in [0.25, 0.3) is 0 Å². The number of carbonyl (C=O) groups excluding carboxylic acids is 1. The molecule has 0 bridgehead atoms. The molecule has 0 amide bonds. The summed E-state index contributed by atoms with van der Waals surface area (Å²) in [6.45, 7) is 2.95. The van der Waals surface area contributed by atoms with Crippen LogP contribution in [-0.2, 0) is 23.3 Å². The Kier molecular flexibility index (Phi) is 7.22. The largest absolute Gasteiger partial charge is 0.871 e. The molecule has 4 aromatic carbocycles. The first kappa shape index (κ1) is 32.9. The molecule has 0 N–H and O–H groups in total. The second-order valence-corrected chi connectivity index (χ2v) is 11.8. The third-order valence-corrected chi connectivity index (χ3v) is 8.89. The number of Topliss-reactive ketones (excluding diaryl/α,β-unsaturated/α-hetero) is 1. The molecule has 2 aliphatic rings. The zero-order valence-electron chi connectivity index (χ0n) is 25.8. The first-order valence-corrected chi connectivity index (χ1v) is 14.9. The van der Waals surface area contributed by atoms with Crippen LogP contribution in [0, 0.1) is 6.92 Å². The van der Waals surface area contributed by atoms with E-state index in [0.717, 1.165) is 16.7 Å². The van der Waals surface area contributed by atoms with E-state index in [1.165, 1.54) is 41.8 Å². The van der Waals surface area contributed by atoms with E-state index in [9.17, 15) is 49.4 Å². The Morgan fingerprint density at radius 2 is 1.24 bits per heavy atom. The van der Waals surface area contributed by atoms with Crippen molar-refractivity contribution in [3.05, 3.63) is 136 Å². The van der Waals surface area contributed by atoms with Gasteiger partial charge in [-0.25, -0.2) is 0 Å². The number of carbonyl (C=O) groups is 1. The number of fused-ring (bicyclic) bond motifs is 2. The summed E-state index contributed by atoms with van der Waals surface area (Å²) in [6.07, 6.45) is -14.9. The monoisotopic (exact) mass is 696 g/mol. The highest BCUT2D eigenvalue weighted by Crippen LogP contribution is 2.48. The Morgan fingerprint density at radius 1 is 0.640 bits per heavy atom. The van der Waals surface area contributed by atoms with Gasteiger partial charge in [-0.15, -0.1) is 0 Å². The minimum absolute atomic E-state index is 0.0125. The molecule has 0 spiro atoms. The van der Waals surface area contributed by atoms with Crippen LogP contribution in [0.5, 0.6) is 0 Å². The van der Waals surface area contributed by atoms with Crippen molar-refractivity contribution in [1.82, 2.24) is 9.14 Å². The molecule has 13 heteroatoms. The van der Waals surface area contributed by atoms with Gasteiger partial charge in [0.2, 0.25) is 11.4 Å². The van der Waals surface area contributed by atoms with Crippen LogP contribution < -0.4 is 9.68 Å². The van der Waals surface area contributed by atoms with Crippen molar-refractivity contribution >= 4 is 44.9 Å². The van der Waals surface area contributed by atoms with Crippen molar-refractivity contribution in [2.24, 2.45) is 0 Å². The Hall–Kier alpha value is -5.59. The van der Waals surface area contributed by atoms with E-state index in [0.29, 0.717) is 29.1 Å². The molecular formula is C37H21F9N2O2. The van der Waals surface area contributed by atoms with Crippen LogP contribution in [0.15, 0.2) is 102 Å². The van der Waals surface area contributed by atoms with Crippen LogP contribution in [0.2, 0.25) is 0 Å². The van der Waals surface area contributed by atoms with Gasteiger partial charge in [0, 0.05) is 58.6 Å². The number of nitrogens with zero attached hydrogens (tertiary/aromatic N) is 2. The maximum Gasteiger partial charge on any atom is 0.416 e.